The molecule has 2 saturated carbocycles. The first-order valence-corrected chi connectivity index (χ1v) is 12.5. The van der Waals surface area contributed by atoms with Crippen LogP contribution >= 0.6 is 0 Å². The molecule has 0 aromatic carbocycles. The zero-order valence-electron chi connectivity index (χ0n) is 19.7. The summed E-state index contributed by atoms with van der Waals surface area (Å²) < 4.78 is 0. The lowest BCUT2D eigenvalue weighted by atomic mass is 9.49. The van der Waals surface area contributed by atoms with E-state index in [1.165, 1.54) is 43.3 Å². The van der Waals surface area contributed by atoms with Crippen LogP contribution in [0.4, 0.5) is 0 Å². The van der Waals surface area contributed by atoms with Crippen molar-refractivity contribution >= 4 is 0 Å². The van der Waals surface area contributed by atoms with Gasteiger partial charge in [-0.15, -0.1) is 0 Å². The van der Waals surface area contributed by atoms with Crippen LogP contribution in [0.15, 0.2) is 35.5 Å². The molecule has 2 fully saturated rings. The van der Waals surface area contributed by atoms with Gasteiger partial charge in [-0.05, 0) is 86.0 Å². The van der Waals surface area contributed by atoms with Crippen LogP contribution in [0.3, 0.4) is 0 Å². The lowest BCUT2D eigenvalue weighted by Gasteiger charge is -2.55. The number of allylic oxidation sites excluding steroid dienone is 5. The minimum Gasteiger partial charge on any atom is -0.392 e. The molecule has 8 atom stereocenters. The van der Waals surface area contributed by atoms with Crippen molar-refractivity contribution in [3.8, 4) is 0 Å². The van der Waals surface area contributed by atoms with Crippen molar-refractivity contribution < 1.29 is 5.11 Å². The van der Waals surface area contributed by atoms with E-state index in [9.17, 15) is 5.11 Å². The van der Waals surface area contributed by atoms with E-state index in [1.807, 2.05) is 0 Å². The maximum absolute atomic E-state index is 11.1. The average Bonchev–Trinajstić information content (AvgIpc) is 3.23. The minimum atomic E-state index is -0.144. The minimum absolute atomic E-state index is 0.144. The highest BCUT2D eigenvalue weighted by Gasteiger charge is 2.62. The quantitative estimate of drug-likeness (QED) is 0.493. The molecule has 29 heavy (non-hydrogen) atoms. The fourth-order valence-corrected chi connectivity index (χ4v) is 7.99. The summed E-state index contributed by atoms with van der Waals surface area (Å²) in [5.41, 5.74) is 3.66. The molecule has 0 aromatic heterocycles. The topological polar surface area (TPSA) is 20.2 Å². The maximum Gasteiger partial charge on any atom is 0.0620 e. The molecule has 0 unspecified atom stereocenters. The molecule has 1 nitrogen and oxygen atoms in total. The number of hydrogen-bond donors (Lipinski definition) is 1. The van der Waals surface area contributed by atoms with E-state index in [-0.39, 0.29) is 11.5 Å². The summed E-state index contributed by atoms with van der Waals surface area (Å²) in [5.74, 6) is 3.90. The molecule has 162 valence electrons. The van der Waals surface area contributed by atoms with Crippen molar-refractivity contribution in [3.63, 3.8) is 0 Å². The fourth-order valence-electron chi connectivity index (χ4n) is 7.99. The van der Waals surface area contributed by atoms with Crippen LogP contribution in [0.1, 0.15) is 86.5 Å². The third-order valence-electron chi connectivity index (χ3n) is 9.97. The van der Waals surface area contributed by atoms with Gasteiger partial charge in [0, 0.05) is 11.3 Å². The first-order valence-electron chi connectivity index (χ1n) is 12.5. The molecular weight excluding hydrogens is 352 g/mol. The van der Waals surface area contributed by atoms with Crippen molar-refractivity contribution in [2.75, 3.05) is 0 Å². The van der Waals surface area contributed by atoms with Crippen LogP contribution in [0, 0.1) is 46.3 Å². The molecular formula is C28H44O. The Morgan fingerprint density at radius 2 is 1.83 bits per heavy atom. The average molecular weight is 397 g/mol. The molecule has 4 rings (SSSR count). The summed E-state index contributed by atoms with van der Waals surface area (Å²) in [6, 6.07) is 0. The van der Waals surface area contributed by atoms with Crippen LogP contribution < -0.4 is 0 Å². The SMILES string of the molecule is CC1=C2C=C[C@@]3(CCC[C@]4(C)[C@@H]([C@H](C)/C=C/[C@H](C)C(C)C)CC[C@H]43)[C@H]2[C@@H](O)CC1. The third-order valence-corrected chi connectivity index (χ3v) is 9.97. The van der Waals surface area contributed by atoms with Crippen molar-refractivity contribution in [1.29, 1.82) is 0 Å². The Labute approximate surface area is 179 Å². The molecule has 1 N–H and O–H groups in total. The highest BCUT2D eigenvalue weighted by Crippen LogP contribution is 2.69. The van der Waals surface area contributed by atoms with E-state index in [0.717, 1.165) is 24.7 Å². The number of aliphatic hydroxyl groups excluding tert-OH is 1. The normalized spacial score (nSPS) is 44.0. The smallest absolute Gasteiger partial charge is 0.0620 e. The van der Waals surface area contributed by atoms with Gasteiger partial charge in [0.05, 0.1) is 6.10 Å². The zero-order valence-corrected chi connectivity index (χ0v) is 19.7. The summed E-state index contributed by atoms with van der Waals surface area (Å²) >= 11 is 0. The molecule has 0 bridgehead atoms. The largest absolute Gasteiger partial charge is 0.392 e. The number of fused-ring (bicyclic) bond motifs is 4. The first kappa shape index (κ1) is 21.4. The Balaban J connectivity index is 1.62. The first-order chi connectivity index (χ1) is 13.7. The van der Waals surface area contributed by atoms with Crippen molar-refractivity contribution in [2.45, 2.75) is 92.6 Å². The van der Waals surface area contributed by atoms with Crippen molar-refractivity contribution in [3.05, 3.63) is 35.5 Å². The molecule has 0 aromatic rings. The van der Waals surface area contributed by atoms with Gasteiger partial charge >= 0.3 is 0 Å². The van der Waals surface area contributed by atoms with Crippen molar-refractivity contribution in [1.82, 2.24) is 0 Å². The second-order valence-electron chi connectivity index (χ2n) is 11.7. The van der Waals surface area contributed by atoms with E-state index >= 15 is 0 Å². The predicted molar refractivity (Wildman–Crippen MR) is 123 cm³/mol. The molecule has 0 aliphatic heterocycles. The number of aliphatic hydroxyl groups is 1. The van der Waals surface area contributed by atoms with Crippen LogP contribution in [0.5, 0.6) is 0 Å². The standard InChI is InChI=1S/C28H44O/c1-18(2)19(3)8-9-21(5)23-11-13-25-27(23,6)15-7-16-28(25)17-14-22-20(4)10-12-24(29)26(22)28/h8-9,14,17-19,21,23-26,29H,7,10-13,15-16H2,1-6H3/b9-8+/t19-,21+,23+,24-,25+,26+,27+,28+/m0/s1. The molecule has 0 saturated heterocycles. The Bertz CT molecular complexity index is 712. The Hall–Kier alpha value is -0.820. The van der Waals surface area contributed by atoms with Crippen LogP contribution in [-0.2, 0) is 0 Å². The van der Waals surface area contributed by atoms with Gasteiger partial charge in [-0.25, -0.2) is 0 Å². The number of rotatable bonds is 4. The van der Waals surface area contributed by atoms with Gasteiger partial charge in [0.15, 0.2) is 0 Å². The molecule has 1 spiro atoms. The highest BCUT2D eigenvalue weighted by molar-refractivity contribution is 5.42. The van der Waals surface area contributed by atoms with E-state index < -0.39 is 0 Å². The van der Waals surface area contributed by atoms with Crippen molar-refractivity contribution in [2.24, 2.45) is 46.3 Å². The van der Waals surface area contributed by atoms with E-state index in [1.54, 1.807) is 0 Å². The van der Waals surface area contributed by atoms with Gasteiger partial charge in [-0.2, -0.15) is 0 Å². The third kappa shape index (κ3) is 3.31. The fraction of sp³-hybridized carbons (Fsp3) is 0.786. The predicted octanol–water partition coefficient (Wildman–Crippen LogP) is 7.33. The molecule has 4 aliphatic rings. The monoisotopic (exact) mass is 396 g/mol. The van der Waals surface area contributed by atoms with Gasteiger partial charge in [0.2, 0.25) is 0 Å². The van der Waals surface area contributed by atoms with Crippen LogP contribution in [0.25, 0.3) is 0 Å². The highest BCUT2D eigenvalue weighted by atomic mass is 16.3. The second-order valence-corrected chi connectivity index (χ2v) is 11.7. The summed E-state index contributed by atoms with van der Waals surface area (Å²) in [4.78, 5) is 0. The molecule has 0 amide bonds. The van der Waals surface area contributed by atoms with Gasteiger partial charge in [0.1, 0.15) is 0 Å². The zero-order chi connectivity index (χ0) is 21.0. The van der Waals surface area contributed by atoms with E-state index in [0.29, 0.717) is 29.1 Å². The second kappa shape index (κ2) is 7.70. The Kier molecular flexibility index (Phi) is 5.69. The van der Waals surface area contributed by atoms with Gasteiger partial charge < -0.3 is 5.11 Å². The molecule has 4 aliphatic carbocycles. The van der Waals surface area contributed by atoms with E-state index in [4.69, 9.17) is 0 Å². The van der Waals surface area contributed by atoms with Gasteiger partial charge in [0.25, 0.3) is 0 Å². The van der Waals surface area contributed by atoms with E-state index in [2.05, 4.69) is 65.8 Å². The lowest BCUT2D eigenvalue weighted by molar-refractivity contribution is -0.0569. The van der Waals surface area contributed by atoms with Crippen LogP contribution in [-0.4, -0.2) is 11.2 Å². The van der Waals surface area contributed by atoms with Gasteiger partial charge in [-0.1, -0.05) is 70.9 Å². The number of hydrogen-bond acceptors (Lipinski definition) is 1. The summed E-state index contributed by atoms with van der Waals surface area (Å²) in [6.07, 6.45) is 18.6. The Morgan fingerprint density at radius 1 is 1.07 bits per heavy atom. The Morgan fingerprint density at radius 3 is 2.55 bits per heavy atom. The summed E-state index contributed by atoms with van der Waals surface area (Å²) in [7, 11) is 0. The maximum atomic E-state index is 11.1. The molecule has 0 radical (unpaired) electrons. The van der Waals surface area contributed by atoms with Crippen LogP contribution in [0.2, 0.25) is 0 Å². The molecule has 0 heterocycles. The lowest BCUT2D eigenvalue weighted by Crippen LogP contribution is -2.50. The van der Waals surface area contributed by atoms with Gasteiger partial charge in [-0.3, -0.25) is 0 Å². The molecule has 1 heteroatoms. The summed E-state index contributed by atoms with van der Waals surface area (Å²) in [6.45, 7) is 14.4. The summed E-state index contributed by atoms with van der Waals surface area (Å²) in [5, 5.41) is 11.1.